The molecule has 15 heteroatoms. The van der Waals surface area contributed by atoms with Crippen LogP contribution in [-0.2, 0) is 23.3 Å². The first kappa shape index (κ1) is 23.0. The minimum Gasteiger partial charge on any atom is -0.790 e. The Labute approximate surface area is 152 Å². The average molecular weight is 420 g/mol. The number of aliphatic hydroxyl groups excluding tert-OH is 6. The van der Waals surface area contributed by atoms with Gasteiger partial charge in [-0.15, -0.1) is 0 Å². The molecule has 2 rings (SSSR count). The largest absolute Gasteiger partial charge is 0.790 e. The van der Waals surface area contributed by atoms with E-state index in [1.165, 1.54) is 0 Å². The van der Waals surface area contributed by atoms with Gasteiger partial charge in [-0.1, -0.05) is 0 Å². The zero-order valence-corrected chi connectivity index (χ0v) is 14.6. The van der Waals surface area contributed by atoms with Crippen molar-refractivity contribution in [2.45, 2.75) is 54.8 Å². The quantitative estimate of drug-likeness (QED) is 0.198. The molecule has 0 aromatic rings. The van der Waals surface area contributed by atoms with Gasteiger partial charge in [-0.25, -0.2) is 0 Å². The van der Waals surface area contributed by atoms with Crippen LogP contribution in [0.15, 0.2) is 0 Å². The number of aliphatic hydroxyl groups is 7. The average Bonchev–Trinajstić information content (AvgIpc) is 2.60. The summed E-state index contributed by atoms with van der Waals surface area (Å²) in [4.78, 5) is 21.1. The van der Waals surface area contributed by atoms with Crippen LogP contribution in [0.2, 0.25) is 0 Å². The summed E-state index contributed by atoms with van der Waals surface area (Å²) in [5.74, 6) is -2.51. The van der Waals surface area contributed by atoms with Gasteiger partial charge in [0.2, 0.25) is 5.79 Å². The second-order valence-electron chi connectivity index (χ2n) is 6.19. The molecular weight excluding hydrogens is 399 g/mol. The molecule has 160 valence electrons. The molecule has 27 heavy (non-hydrogen) atoms. The molecule has 7 N–H and O–H groups in total. The lowest BCUT2D eigenvalue weighted by Gasteiger charge is -2.47. The van der Waals surface area contributed by atoms with Gasteiger partial charge in [0.1, 0.15) is 42.7 Å². The van der Waals surface area contributed by atoms with E-state index in [4.69, 9.17) is 14.2 Å². The summed E-state index contributed by atoms with van der Waals surface area (Å²) < 4.78 is 29.6. The third-order valence-corrected chi connectivity index (χ3v) is 4.69. The first-order chi connectivity index (χ1) is 12.4. The van der Waals surface area contributed by atoms with Crippen LogP contribution in [0.5, 0.6) is 0 Å². The smallest absolute Gasteiger partial charge is 0.219 e. The lowest BCUT2D eigenvalue weighted by atomic mass is 9.96. The normalized spacial score (nSPS) is 46.4. The maximum Gasteiger partial charge on any atom is 0.219 e. The van der Waals surface area contributed by atoms with Crippen molar-refractivity contribution < 1.29 is 68.8 Å². The predicted molar refractivity (Wildman–Crippen MR) is 75.1 cm³/mol. The van der Waals surface area contributed by atoms with E-state index in [1.807, 2.05) is 0 Å². The van der Waals surface area contributed by atoms with Crippen molar-refractivity contribution in [2.75, 3.05) is 19.8 Å². The van der Waals surface area contributed by atoms with Crippen LogP contribution in [0, 0.1) is 0 Å². The highest BCUT2D eigenvalue weighted by Crippen LogP contribution is 2.32. The molecule has 0 amide bonds. The van der Waals surface area contributed by atoms with Gasteiger partial charge in [-0.05, 0) is 0 Å². The van der Waals surface area contributed by atoms with Crippen molar-refractivity contribution in [1.82, 2.24) is 0 Å². The molecule has 14 nitrogen and oxygen atoms in total. The van der Waals surface area contributed by atoms with E-state index in [1.54, 1.807) is 0 Å². The second-order valence-corrected chi connectivity index (χ2v) is 7.34. The predicted octanol–water partition coefficient (Wildman–Crippen LogP) is -6.54. The van der Waals surface area contributed by atoms with Crippen molar-refractivity contribution in [3.8, 4) is 0 Å². The molecule has 0 aliphatic carbocycles. The number of ether oxygens (including phenoxy) is 3. The Morgan fingerprint density at radius 1 is 1.07 bits per heavy atom. The van der Waals surface area contributed by atoms with Crippen LogP contribution in [0.4, 0.5) is 0 Å². The maximum absolute atomic E-state index is 10.6. The number of hydrogen-bond acceptors (Lipinski definition) is 14. The zero-order chi connectivity index (χ0) is 20.6. The monoisotopic (exact) mass is 420 g/mol. The molecule has 2 fully saturated rings. The van der Waals surface area contributed by atoms with Crippen molar-refractivity contribution in [3.63, 3.8) is 0 Å². The lowest BCUT2D eigenvalue weighted by molar-refractivity contribution is -0.388. The fourth-order valence-corrected chi connectivity index (χ4v) is 3.01. The number of phosphoric acid groups is 1. The molecular formula is C12H21O14P-2. The first-order valence-electron chi connectivity index (χ1n) is 7.74. The van der Waals surface area contributed by atoms with E-state index >= 15 is 0 Å². The SMILES string of the molecule is O=P([O-])([O-])OC[C@H]1O[C@H](O[C@H]2[C@H](O)[C@H](O)CO[C@]2(O)CO)[C@H](O)[C@@H](O)[C@@H]1O. The zero-order valence-electron chi connectivity index (χ0n) is 13.7. The van der Waals surface area contributed by atoms with E-state index < -0.39 is 82.4 Å². The second kappa shape index (κ2) is 8.61. The molecule has 2 aliphatic heterocycles. The molecule has 2 heterocycles. The van der Waals surface area contributed by atoms with Crippen LogP contribution in [0.25, 0.3) is 0 Å². The first-order valence-corrected chi connectivity index (χ1v) is 9.20. The van der Waals surface area contributed by atoms with Gasteiger partial charge in [0.25, 0.3) is 0 Å². The molecule has 0 spiro atoms. The van der Waals surface area contributed by atoms with Gasteiger partial charge in [0, 0.05) is 0 Å². The Morgan fingerprint density at radius 3 is 2.26 bits per heavy atom. The highest BCUT2D eigenvalue weighted by molar-refractivity contribution is 7.43. The topological polar surface area (TPSA) is 242 Å². The van der Waals surface area contributed by atoms with Gasteiger partial charge >= 0.3 is 0 Å². The van der Waals surface area contributed by atoms with E-state index in [2.05, 4.69) is 4.52 Å². The Balaban J connectivity index is 2.15. The third kappa shape index (κ3) is 5.20. The van der Waals surface area contributed by atoms with Crippen molar-refractivity contribution >= 4 is 7.82 Å². The van der Waals surface area contributed by atoms with Gasteiger partial charge in [0.15, 0.2) is 6.29 Å². The van der Waals surface area contributed by atoms with Crippen LogP contribution >= 0.6 is 7.82 Å². The number of phosphoric ester groups is 1. The van der Waals surface area contributed by atoms with Crippen molar-refractivity contribution in [3.05, 3.63) is 0 Å². The summed E-state index contributed by atoms with van der Waals surface area (Å²) in [7, 11) is -5.43. The Morgan fingerprint density at radius 2 is 1.70 bits per heavy atom. The summed E-state index contributed by atoms with van der Waals surface area (Å²) >= 11 is 0. The molecule has 0 saturated carbocycles. The van der Waals surface area contributed by atoms with Crippen molar-refractivity contribution in [1.29, 1.82) is 0 Å². The van der Waals surface area contributed by atoms with Crippen molar-refractivity contribution in [2.24, 2.45) is 0 Å². The Kier molecular flexibility index (Phi) is 7.33. The van der Waals surface area contributed by atoms with Gasteiger partial charge in [0.05, 0.1) is 27.6 Å². The molecule has 2 aliphatic rings. The van der Waals surface area contributed by atoms with Gasteiger partial charge < -0.3 is 68.8 Å². The summed E-state index contributed by atoms with van der Waals surface area (Å²) in [6, 6.07) is 0. The molecule has 9 atom stereocenters. The molecule has 0 aromatic carbocycles. The molecule has 2 saturated heterocycles. The minimum absolute atomic E-state index is 0.549. The summed E-state index contributed by atoms with van der Waals surface area (Å²) in [6.45, 7) is -2.66. The highest BCUT2D eigenvalue weighted by atomic mass is 31.2. The molecule has 0 aromatic heterocycles. The number of rotatable bonds is 6. The molecule has 0 radical (unpaired) electrons. The molecule has 0 unspecified atom stereocenters. The fraction of sp³-hybridized carbons (Fsp3) is 1.00. The van der Waals surface area contributed by atoms with Crippen LogP contribution in [0.3, 0.4) is 0 Å². The van der Waals surface area contributed by atoms with Gasteiger partial charge in [-0.2, -0.15) is 0 Å². The van der Waals surface area contributed by atoms with E-state index in [0.29, 0.717) is 0 Å². The standard InChI is InChI=1S/C12H23O14P/c13-3-12(19)10(6(15)4(14)1-23-12)26-11-9(18)8(17)7(16)5(25-11)2-24-27(20,21)22/h4-11,13-19H,1-3H2,(H2,20,21,22)/p-2/t4-,5-,6-,7-,8+,9-,10+,11-,12-/m1/s1. The fourth-order valence-electron chi connectivity index (χ4n) is 2.68. The lowest BCUT2D eigenvalue weighted by Crippen LogP contribution is -2.67. The summed E-state index contributed by atoms with van der Waals surface area (Å²) in [6.07, 6.45) is -14.6. The summed E-state index contributed by atoms with van der Waals surface area (Å²) in [5, 5.41) is 68.7. The molecule has 0 bridgehead atoms. The van der Waals surface area contributed by atoms with Crippen LogP contribution in [0.1, 0.15) is 0 Å². The van der Waals surface area contributed by atoms with E-state index in [-0.39, 0.29) is 0 Å². The minimum atomic E-state index is -5.43. The highest BCUT2D eigenvalue weighted by Gasteiger charge is 2.53. The third-order valence-electron chi connectivity index (χ3n) is 4.23. The maximum atomic E-state index is 10.6. The van der Waals surface area contributed by atoms with E-state index in [0.717, 1.165) is 0 Å². The Hall–Kier alpha value is -0.290. The van der Waals surface area contributed by atoms with Gasteiger partial charge in [-0.3, -0.25) is 0 Å². The summed E-state index contributed by atoms with van der Waals surface area (Å²) in [5.41, 5.74) is 0. The van der Waals surface area contributed by atoms with Crippen LogP contribution in [-0.4, -0.2) is 110 Å². The Bertz CT molecular complexity index is 542. The van der Waals surface area contributed by atoms with E-state index in [9.17, 15) is 50.1 Å². The van der Waals surface area contributed by atoms with Crippen LogP contribution < -0.4 is 9.79 Å². The number of hydrogen-bond donors (Lipinski definition) is 7.